The van der Waals surface area contributed by atoms with E-state index in [0.29, 0.717) is 12.1 Å². The fourth-order valence-corrected chi connectivity index (χ4v) is 3.72. The maximum absolute atomic E-state index is 11.9. The lowest BCUT2D eigenvalue weighted by Gasteiger charge is -2.08. The first-order valence-corrected chi connectivity index (χ1v) is 9.78. The third-order valence-corrected chi connectivity index (χ3v) is 5.28. The molecular weight excluding hydrogens is 360 g/mol. The molecule has 0 atom stereocenters. The maximum atomic E-state index is 11.9. The number of anilines is 1. The quantitative estimate of drug-likeness (QED) is 0.587. The Labute approximate surface area is 162 Å². The third-order valence-electron chi connectivity index (χ3n) is 4.31. The molecule has 0 bridgehead atoms. The van der Waals surface area contributed by atoms with Crippen LogP contribution in [-0.4, -0.2) is 24.2 Å². The minimum Gasteiger partial charge on any atom is -0.455 e. The summed E-state index contributed by atoms with van der Waals surface area (Å²) in [5.74, 6) is -0.631. The van der Waals surface area contributed by atoms with E-state index < -0.39 is 5.97 Å². The highest BCUT2D eigenvalue weighted by Crippen LogP contribution is 2.27. The van der Waals surface area contributed by atoms with E-state index in [1.54, 1.807) is 24.3 Å². The van der Waals surface area contributed by atoms with E-state index in [0.717, 1.165) is 23.3 Å². The van der Waals surface area contributed by atoms with Gasteiger partial charge in [-0.3, -0.25) is 9.59 Å². The number of rotatable bonds is 7. The van der Waals surface area contributed by atoms with Gasteiger partial charge in [0.05, 0.1) is 18.2 Å². The van der Waals surface area contributed by atoms with Crippen LogP contribution in [0.4, 0.5) is 5.69 Å². The van der Waals surface area contributed by atoms with E-state index in [-0.39, 0.29) is 18.3 Å². The Hall–Kier alpha value is -2.78. The number of nitrogens with one attached hydrogen (secondary N) is 1. The van der Waals surface area contributed by atoms with Crippen molar-refractivity contribution in [1.29, 1.82) is 5.26 Å². The zero-order valence-electron chi connectivity index (χ0n) is 14.9. The van der Waals surface area contributed by atoms with Crippen molar-refractivity contribution in [2.75, 3.05) is 17.7 Å². The van der Waals surface area contributed by atoms with Crippen LogP contribution in [0.1, 0.15) is 23.1 Å². The molecule has 2 aromatic rings. The van der Waals surface area contributed by atoms with Gasteiger partial charge in [0.25, 0.3) is 5.91 Å². The van der Waals surface area contributed by atoms with Crippen LogP contribution >= 0.6 is 11.8 Å². The molecule has 0 saturated carbocycles. The summed E-state index contributed by atoms with van der Waals surface area (Å²) < 4.78 is 5.04. The van der Waals surface area contributed by atoms with E-state index in [1.165, 1.54) is 29.3 Å². The summed E-state index contributed by atoms with van der Waals surface area (Å²) in [5.41, 5.74) is 4.25. The number of nitrogens with zero attached hydrogens (tertiary/aromatic N) is 1. The highest BCUT2D eigenvalue weighted by Gasteiger charge is 2.13. The minimum atomic E-state index is -0.417. The van der Waals surface area contributed by atoms with E-state index in [9.17, 15) is 9.59 Å². The molecule has 0 unspecified atom stereocenters. The lowest BCUT2D eigenvalue weighted by atomic mass is 10.1. The third kappa shape index (κ3) is 5.60. The second-order valence-corrected chi connectivity index (χ2v) is 7.36. The second kappa shape index (κ2) is 9.24. The number of fused-ring (bicyclic) bond motifs is 1. The van der Waals surface area contributed by atoms with Gasteiger partial charge in [-0.05, 0) is 60.2 Å². The van der Waals surface area contributed by atoms with Gasteiger partial charge in [-0.1, -0.05) is 18.2 Å². The Morgan fingerprint density at radius 1 is 1.11 bits per heavy atom. The summed E-state index contributed by atoms with van der Waals surface area (Å²) >= 11 is 1.42. The van der Waals surface area contributed by atoms with Crippen LogP contribution in [0.15, 0.2) is 47.4 Å². The number of nitriles is 1. The maximum Gasteiger partial charge on any atom is 0.316 e. The highest BCUT2D eigenvalue weighted by atomic mass is 32.2. The molecule has 1 N–H and O–H groups in total. The molecule has 2 aromatic carbocycles. The summed E-state index contributed by atoms with van der Waals surface area (Å²) in [4.78, 5) is 24.8. The normalized spacial score (nSPS) is 12.1. The summed E-state index contributed by atoms with van der Waals surface area (Å²) in [6.07, 6.45) is 3.76. The Morgan fingerprint density at radius 3 is 2.67 bits per heavy atom. The van der Waals surface area contributed by atoms with Crippen molar-refractivity contribution >= 4 is 29.3 Å². The molecule has 0 heterocycles. The molecule has 3 rings (SSSR count). The predicted molar refractivity (Wildman–Crippen MR) is 105 cm³/mol. The fourth-order valence-electron chi connectivity index (χ4n) is 2.96. The van der Waals surface area contributed by atoms with Gasteiger partial charge >= 0.3 is 5.97 Å². The Morgan fingerprint density at radius 2 is 1.89 bits per heavy atom. The summed E-state index contributed by atoms with van der Waals surface area (Å²) in [5, 5.41) is 11.3. The van der Waals surface area contributed by atoms with Crippen molar-refractivity contribution in [2.24, 2.45) is 0 Å². The van der Waals surface area contributed by atoms with E-state index in [2.05, 4.69) is 23.5 Å². The van der Waals surface area contributed by atoms with Gasteiger partial charge in [-0.15, -0.1) is 11.8 Å². The molecule has 0 radical (unpaired) electrons. The van der Waals surface area contributed by atoms with E-state index >= 15 is 0 Å². The molecule has 0 saturated heterocycles. The molecule has 0 spiro atoms. The molecule has 0 fully saturated rings. The number of hydrogen-bond acceptors (Lipinski definition) is 5. The van der Waals surface area contributed by atoms with Crippen molar-refractivity contribution in [3.8, 4) is 6.07 Å². The molecule has 1 amide bonds. The number of esters is 1. The number of carbonyl (C=O) groups is 2. The molecule has 6 heteroatoms. The zero-order valence-corrected chi connectivity index (χ0v) is 15.7. The van der Waals surface area contributed by atoms with Gasteiger partial charge < -0.3 is 10.1 Å². The average molecular weight is 380 g/mol. The van der Waals surface area contributed by atoms with Crippen LogP contribution in [-0.2, 0) is 33.6 Å². The predicted octanol–water partition coefficient (Wildman–Crippen LogP) is 3.52. The van der Waals surface area contributed by atoms with Crippen LogP contribution in [0.2, 0.25) is 0 Å². The van der Waals surface area contributed by atoms with E-state index in [4.69, 9.17) is 10.00 Å². The van der Waals surface area contributed by atoms with Crippen LogP contribution in [0, 0.1) is 11.3 Å². The van der Waals surface area contributed by atoms with Crippen LogP contribution in [0.25, 0.3) is 0 Å². The van der Waals surface area contributed by atoms with Crippen LogP contribution in [0.3, 0.4) is 0 Å². The average Bonchev–Trinajstić information content (AvgIpc) is 3.14. The number of benzene rings is 2. The van der Waals surface area contributed by atoms with Gasteiger partial charge in [0, 0.05) is 10.6 Å². The number of carbonyl (C=O) groups excluding carboxylic acids is 2. The Kier molecular flexibility index (Phi) is 6.50. The summed E-state index contributed by atoms with van der Waals surface area (Å²) in [6.45, 7) is -0.316. The molecular formula is C21H20N2O3S. The van der Waals surface area contributed by atoms with Crippen molar-refractivity contribution in [2.45, 2.75) is 30.6 Å². The lowest BCUT2D eigenvalue weighted by molar-refractivity contribution is -0.144. The van der Waals surface area contributed by atoms with Crippen molar-refractivity contribution in [1.82, 2.24) is 0 Å². The van der Waals surface area contributed by atoms with Crippen molar-refractivity contribution in [3.63, 3.8) is 0 Å². The SMILES string of the molecule is N#CCc1ccc(NC(=O)COC(=O)CSc2ccc3c(c2)CCC3)cc1. The number of hydrogen-bond donors (Lipinski definition) is 1. The van der Waals surface area contributed by atoms with Gasteiger partial charge in [-0.25, -0.2) is 0 Å². The molecule has 1 aliphatic rings. The first-order chi connectivity index (χ1) is 13.1. The first-order valence-electron chi connectivity index (χ1n) is 8.80. The number of amides is 1. The van der Waals surface area contributed by atoms with Gasteiger partial charge in [-0.2, -0.15) is 5.26 Å². The number of aryl methyl sites for hydroxylation is 2. The number of thioether (sulfide) groups is 1. The van der Waals surface area contributed by atoms with Crippen molar-refractivity contribution in [3.05, 3.63) is 59.2 Å². The minimum absolute atomic E-state index is 0.176. The van der Waals surface area contributed by atoms with Gasteiger partial charge in [0.15, 0.2) is 6.61 Å². The van der Waals surface area contributed by atoms with E-state index in [1.807, 2.05) is 6.07 Å². The summed E-state index contributed by atoms with van der Waals surface area (Å²) in [6, 6.07) is 15.4. The Bertz CT molecular complexity index is 872. The molecule has 5 nitrogen and oxygen atoms in total. The monoisotopic (exact) mass is 380 g/mol. The fraction of sp³-hybridized carbons (Fsp3) is 0.286. The molecule has 0 aliphatic heterocycles. The van der Waals surface area contributed by atoms with Crippen LogP contribution < -0.4 is 5.32 Å². The standard InChI is InChI=1S/C21H20N2O3S/c22-11-10-15-4-7-18(8-5-15)23-20(24)13-26-21(25)14-27-19-9-6-16-2-1-3-17(16)12-19/h4-9,12H,1-3,10,13-14H2,(H,23,24). The Balaban J connectivity index is 1.39. The molecule has 138 valence electrons. The molecule has 0 aromatic heterocycles. The summed E-state index contributed by atoms with van der Waals surface area (Å²) in [7, 11) is 0. The molecule has 27 heavy (non-hydrogen) atoms. The number of ether oxygens (including phenoxy) is 1. The topological polar surface area (TPSA) is 79.2 Å². The highest BCUT2D eigenvalue weighted by molar-refractivity contribution is 8.00. The largest absolute Gasteiger partial charge is 0.455 e. The molecule has 1 aliphatic carbocycles. The smallest absolute Gasteiger partial charge is 0.316 e. The first kappa shape index (κ1) is 19.0. The van der Waals surface area contributed by atoms with Gasteiger partial charge in [0.2, 0.25) is 0 Å². The lowest BCUT2D eigenvalue weighted by Crippen LogP contribution is -2.21. The zero-order chi connectivity index (χ0) is 19.1. The second-order valence-electron chi connectivity index (χ2n) is 6.31. The van der Waals surface area contributed by atoms with Crippen LogP contribution in [0.5, 0.6) is 0 Å². The van der Waals surface area contributed by atoms with Gasteiger partial charge in [0.1, 0.15) is 0 Å². The van der Waals surface area contributed by atoms with Crippen molar-refractivity contribution < 1.29 is 14.3 Å².